The zero-order chi connectivity index (χ0) is 8.27. The minimum Gasteiger partial charge on any atom is -0.470 e. The minimum atomic E-state index is -0.0451. The highest BCUT2D eigenvalue weighted by Gasteiger charge is 2.19. The second kappa shape index (κ2) is 3.77. The van der Waals surface area contributed by atoms with Gasteiger partial charge in [-0.3, -0.25) is 0 Å². The fraction of sp³-hybridized carbons (Fsp3) is 0.778. The van der Waals surface area contributed by atoms with Crippen LogP contribution in [0.2, 0.25) is 0 Å². The van der Waals surface area contributed by atoms with Gasteiger partial charge in [0.2, 0.25) is 0 Å². The van der Waals surface area contributed by atoms with Crippen LogP contribution in [-0.2, 0) is 9.47 Å². The van der Waals surface area contributed by atoms with Crippen molar-refractivity contribution in [1.82, 2.24) is 0 Å². The molecule has 1 fully saturated rings. The molecule has 0 radical (unpaired) electrons. The van der Waals surface area contributed by atoms with E-state index in [0.717, 1.165) is 18.6 Å². The Morgan fingerprint density at radius 1 is 1.55 bits per heavy atom. The molecule has 2 nitrogen and oxygen atoms in total. The first-order valence-corrected chi connectivity index (χ1v) is 4.16. The van der Waals surface area contributed by atoms with Gasteiger partial charge in [-0.25, -0.2) is 0 Å². The number of allylic oxidation sites excluding steroid dienone is 1. The van der Waals surface area contributed by atoms with Gasteiger partial charge in [0.1, 0.15) is 0 Å². The molecule has 2 atom stereocenters. The second-order valence-corrected chi connectivity index (χ2v) is 3.13. The summed E-state index contributed by atoms with van der Waals surface area (Å²) >= 11 is 0. The molecule has 0 aliphatic carbocycles. The summed E-state index contributed by atoms with van der Waals surface area (Å²) in [6, 6.07) is 0. The molecule has 11 heavy (non-hydrogen) atoms. The summed E-state index contributed by atoms with van der Waals surface area (Å²) in [5.74, 6) is 0.740. The second-order valence-electron chi connectivity index (χ2n) is 3.13. The topological polar surface area (TPSA) is 18.5 Å². The summed E-state index contributed by atoms with van der Waals surface area (Å²) in [6.07, 6.45) is 3.64. The van der Waals surface area contributed by atoms with Crippen LogP contribution in [0, 0.1) is 0 Å². The van der Waals surface area contributed by atoms with Gasteiger partial charge in [0.15, 0.2) is 6.29 Å². The standard InChI is InChI=1S/C9H16O2/c1-7(2)10-9-6-4-5-8(3)11-9/h8-9H,1,4-6H2,2-3H3/t8-,9-/m0/s1. The van der Waals surface area contributed by atoms with Crippen LogP contribution in [0.5, 0.6) is 0 Å². The summed E-state index contributed by atoms with van der Waals surface area (Å²) in [6.45, 7) is 7.60. The van der Waals surface area contributed by atoms with Gasteiger partial charge in [-0.1, -0.05) is 6.58 Å². The molecular formula is C9H16O2. The van der Waals surface area contributed by atoms with Crippen LogP contribution < -0.4 is 0 Å². The van der Waals surface area contributed by atoms with Crippen LogP contribution in [0.4, 0.5) is 0 Å². The maximum atomic E-state index is 5.51. The van der Waals surface area contributed by atoms with E-state index in [-0.39, 0.29) is 6.29 Å². The predicted octanol–water partition coefficient (Wildman–Crippen LogP) is 2.45. The van der Waals surface area contributed by atoms with Gasteiger partial charge in [-0.2, -0.15) is 0 Å². The predicted molar refractivity (Wildman–Crippen MR) is 44.1 cm³/mol. The van der Waals surface area contributed by atoms with E-state index in [4.69, 9.17) is 9.47 Å². The summed E-state index contributed by atoms with van der Waals surface area (Å²) in [7, 11) is 0. The van der Waals surface area contributed by atoms with Crippen LogP contribution in [0.25, 0.3) is 0 Å². The van der Waals surface area contributed by atoms with E-state index < -0.39 is 0 Å². The van der Waals surface area contributed by atoms with E-state index in [1.807, 2.05) is 6.92 Å². The highest BCUT2D eigenvalue weighted by molar-refractivity contribution is 4.76. The van der Waals surface area contributed by atoms with E-state index in [1.54, 1.807) is 0 Å². The lowest BCUT2D eigenvalue weighted by molar-refractivity contribution is -0.168. The molecule has 1 heterocycles. The SMILES string of the molecule is C=C(C)O[C@@H]1CCC[C@H](C)O1. The van der Waals surface area contributed by atoms with Gasteiger partial charge in [0, 0.05) is 6.42 Å². The van der Waals surface area contributed by atoms with Gasteiger partial charge in [0.25, 0.3) is 0 Å². The molecule has 2 heteroatoms. The maximum absolute atomic E-state index is 5.51. The van der Waals surface area contributed by atoms with Crippen molar-refractivity contribution >= 4 is 0 Å². The maximum Gasteiger partial charge on any atom is 0.199 e. The Morgan fingerprint density at radius 3 is 2.82 bits per heavy atom. The number of rotatable bonds is 2. The lowest BCUT2D eigenvalue weighted by atomic mass is 10.1. The molecule has 0 N–H and O–H groups in total. The highest BCUT2D eigenvalue weighted by Crippen LogP contribution is 2.20. The fourth-order valence-electron chi connectivity index (χ4n) is 1.28. The molecule has 0 aromatic carbocycles. The average molecular weight is 156 g/mol. The lowest BCUT2D eigenvalue weighted by Gasteiger charge is -2.27. The van der Waals surface area contributed by atoms with Crippen molar-refractivity contribution in [3.8, 4) is 0 Å². The Bertz CT molecular complexity index is 142. The first kappa shape index (κ1) is 8.60. The molecule has 1 aliphatic rings. The van der Waals surface area contributed by atoms with Crippen molar-refractivity contribution < 1.29 is 9.47 Å². The number of hydrogen-bond donors (Lipinski definition) is 0. The van der Waals surface area contributed by atoms with Crippen molar-refractivity contribution in [2.24, 2.45) is 0 Å². The molecule has 0 aromatic rings. The van der Waals surface area contributed by atoms with E-state index in [1.165, 1.54) is 6.42 Å². The molecule has 0 aromatic heterocycles. The van der Waals surface area contributed by atoms with E-state index >= 15 is 0 Å². The number of hydrogen-bond acceptors (Lipinski definition) is 2. The Balaban J connectivity index is 2.28. The van der Waals surface area contributed by atoms with Crippen molar-refractivity contribution in [3.05, 3.63) is 12.3 Å². The highest BCUT2D eigenvalue weighted by atomic mass is 16.7. The van der Waals surface area contributed by atoms with Crippen molar-refractivity contribution in [2.75, 3.05) is 0 Å². The molecule has 1 saturated heterocycles. The Kier molecular flexibility index (Phi) is 2.94. The van der Waals surface area contributed by atoms with Gasteiger partial charge < -0.3 is 9.47 Å². The molecule has 0 spiro atoms. The van der Waals surface area contributed by atoms with Gasteiger partial charge >= 0.3 is 0 Å². The van der Waals surface area contributed by atoms with Crippen LogP contribution in [0.3, 0.4) is 0 Å². The summed E-state index contributed by atoms with van der Waals surface area (Å²) in [5.41, 5.74) is 0. The van der Waals surface area contributed by atoms with E-state index in [9.17, 15) is 0 Å². The molecule has 0 unspecified atom stereocenters. The molecule has 64 valence electrons. The molecule has 0 saturated carbocycles. The molecule has 1 aliphatic heterocycles. The monoisotopic (exact) mass is 156 g/mol. The third-order valence-corrected chi connectivity index (χ3v) is 1.77. The van der Waals surface area contributed by atoms with Gasteiger partial charge in [-0.15, -0.1) is 0 Å². The van der Waals surface area contributed by atoms with E-state index in [2.05, 4.69) is 13.5 Å². The quantitative estimate of drug-likeness (QED) is 0.572. The minimum absolute atomic E-state index is 0.0451. The Morgan fingerprint density at radius 2 is 2.27 bits per heavy atom. The van der Waals surface area contributed by atoms with Crippen LogP contribution in [0.15, 0.2) is 12.3 Å². The fourth-order valence-corrected chi connectivity index (χ4v) is 1.28. The van der Waals surface area contributed by atoms with E-state index in [0.29, 0.717) is 6.10 Å². The van der Waals surface area contributed by atoms with Crippen LogP contribution >= 0.6 is 0 Å². The molecule has 1 rings (SSSR count). The molecule has 0 bridgehead atoms. The first-order valence-electron chi connectivity index (χ1n) is 4.16. The zero-order valence-corrected chi connectivity index (χ0v) is 7.30. The van der Waals surface area contributed by atoms with Gasteiger partial charge in [0.05, 0.1) is 11.9 Å². The Hall–Kier alpha value is -0.500. The van der Waals surface area contributed by atoms with Crippen LogP contribution in [0.1, 0.15) is 33.1 Å². The van der Waals surface area contributed by atoms with Crippen LogP contribution in [-0.4, -0.2) is 12.4 Å². The summed E-state index contributed by atoms with van der Waals surface area (Å²) in [5, 5.41) is 0. The summed E-state index contributed by atoms with van der Waals surface area (Å²) < 4.78 is 10.9. The third kappa shape index (κ3) is 2.93. The zero-order valence-electron chi connectivity index (χ0n) is 7.30. The van der Waals surface area contributed by atoms with Crippen molar-refractivity contribution in [1.29, 1.82) is 0 Å². The average Bonchev–Trinajstić information content (AvgIpc) is 1.85. The Labute approximate surface area is 68.2 Å². The van der Waals surface area contributed by atoms with Crippen molar-refractivity contribution in [3.63, 3.8) is 0 Å². The van der Waals surface area contributed by atoms with Crippen molar-refractivity contribution in [2.45, 2.75) is 45.5 Å². The van der Waals surface area contributed by atoms with Gasteiger partial charge in [-0.05, 0) is 26.7 Å². The number of ether oxygens (including phenoxy) is 2. The lowest BCUT2D eigenvalue weighted by Crippen LogP contribution is -2.27. The molecule has 0 amide bonds. The third-order valence-electron chi connectivity index (χ3n) is 1.77. The largest absolute Gasteiger partial charge is 0.470 e. The first-order chi connectivity index (χ1) is 5.18. The smallest absolute Gasteiger partial charge is 0.199 e. The normalized spacial score (nSPS) is 31.5. The molecular weight excluding hydrogens is 140 g/mol. The summed E-state index contributed by atoms with van der Waals surface area (Å²) in [4.78, 5) is 0.